The molecule has 0 aliphatic carbocycles. The van der Waals surface area contributed by atoms with Crippen molar-refractivity contribution in [3.8, 4) is 5.75 Å². The number of amides is 1. The minimum absolute atomic E-state index is 0.424. The van der Waals surface area contributed by atoms with Gasteiger partial charge in [0, 0.05) is 23.6 Å². The minimum atomic E-state index is -0.971. The first-order valence-corrected chi connectivity index (χ1v) is 5.71. The van der Waals surface area contributed by atoms with Crippen LogP contribution in [0, 0.1) is 0 Å². The van der Waals surface area contributed by atoms with Crippen molar-refractivity contribution < 1.29 is 13.9 Å². The first kappa shape index (κ1) is 12.4. The zero-order chi connectivity index (χ0) is 13.0. The van der Waals surface area contributed by atoms with Crippen LogP contribution in [-0.4, -0.2) is 31.2 Å². The molecular weight excluding hydrogens is 235 g/mol. The molecule has 0 saturated heterocycles. The number of alkyl halides is 1. The molecule has 0 unspecified atom stereocenters. The SMILES string of the molecule is COc1ccc2[nH]cc(CCNC(=O)CF)c2c1. The summed E-state index contributed by atoms with van der Waals surface area (Å²) in [4.78, 5) is 13.9. The van der Waals surface area contributed by atoms with Crippen molar-refractivity contribution in [3.63, 3.8) is 0 Å². The fourth-order valence-electron chi connectivity index (χ4n) is 1.88. The number of nitrogens with one attached hydrogen (secondary N) is 2. The molecule has 1 aromatic carbocycles. The molecule has 0 saturated carbocycles. The van der Waals surface area contributed by atoms with Crippen LogP contribution in [0.2, 0.25) is 0 Å². The van der Waals surface area contributed by atoms with Crippen LogP contribution in [0.1, 0.15) is 5.56 Å². The Bertz CT molecular complexity index is 551. The predicted octanol–water partition coefficient (Wildman–Crippen LogP) is 1.80. The second kappa shape index (κ2) is 5.53. The van der Waals surface area contributed by atoms with Gasteiger partial charge in [-0.3, -0.25) is 4.79 Å². The van der Waals surface area contributed by atoms with Crippen molar-refractivity contribution in [2.75, 3.05) is 20.3 Å². The molecule has 0 spiro atoms. The number of carbonyl (C=O) groups excluding carboxylic acids is 1. The number of hydrogen-bond donors (Lipinski definition) is 2. The van der Waals surface area contributed by atoms with Crippen LogP contribution in [-0.2, 0) is 11.2 Å². The number of hydrogen-bond acceptors (Lipinski definition) is 2. The Morgan fingerprint density at radius 3 is 3.06 bits per heavy atom. The summed E-state index contributed by atoms with van der Waals surface area (Å²) < 4.78 is 17.1. The van der Waals surface area contributed by atoms with Crippen LogP contribution in [0.3, 0.4) is 0 Å². The van der Waals surface area contributed by atoms with Crippen molar-refractivity contribution >= 4 is 16.8 Å². The highest BCUT2D eigenvalue weighted by atomic mass is 19.1. The maximum Gasteiger partial charge on any atom is 0.251 e. The van der Waals surface area contributed by atoms with Crippen LogP contribution in [0.25, 0.3) is 10.9 Å². The summed E-state index contributed by atoms with van der Waals surface area (Å²) in [6, 6.07) is 5.77. The number of carbonyl (C=O) groups is 1. The molecule has 2 aromatic rings. The summed E-state index contributed by atoms with van der Waals surface area (Å²) in [6.07, 6.45) is 2.55. The Kier molecular flexibility index (Phi) is 3.82. The normalized spacial score (nSPS) is 10.6. The van der Waals surface area contributed by atoms with Crippen molar-refractivity contribution in [3.05, 3.63) is 30.0 Å². The Morgan fingerprint density at radius 2 is 2.33 bits per heavy atom. The number of ether oxygens (including phenoxy) is 1. The highest BCUT2D eigenvalue weighted by Gasteiger charge is 2.06. The van der Waals surface area contributed by atoms with Crippen molar-refractivity contribution in [2.45, 2.75) is 6.42 Å². The molecular formula is C13H15FN2O2. The number of methoxy groups -OCH3 is 1. The topological polar surface area (TPSA) is 54.1 Å². The van der Waals surface area contributed by atoms with Gasteiger partial charge in [0.25, 0.3) is 5.91 Å². The lowest BCUT2D eigenvalue weighted by Gasteiger charge is -2.03. The van der Waals surface area contributed by atoms with E-state index in [2.05, 4.69) is 10.3 Å². The zero-order valence-corrected chi connectivity index (χ0v) is 10.1. The molecule has 1 heterocycles. The lowest BCUT2D eigenvalue weighted by atomic mass is 10.1. The van der Waals surface area contributed by atoms with Crippen LogP contribution >= 0.6 is 0 Å². The van der Waals surface area contributed by atoms with Gasteiger partial charge in [0.1, 0.15) is 5.75 Å². The predicted molar refractivity (Wildman–Crippen MR) is 67.5 cm³/mol. The van der Waals surface area contributed by atoms with Gasteiger partial charge in [-0.2, -0.15) is 0 Å². The summed E-state index contributed by atoms with van der Waals surface area (Å²) in [5.74, 6) is 0.212. The molecule has 2 N–H and O–H groups in total. The average Bonchev–Trinajstić information content (AvgIpc) is 2.81. The van der Waals surface area contributed by atoms with E-state index in [1.165, 1.54) is 0 Å². The summed E-state index contributed by atoms with van der Waals surface area (Å²) in [6.45, 7) is -0.547. The molecule has 1 amide bonds. The largest absolute Gasteiger partial charge is 0.497 e. The molecule has 0 aliphatic heterocycles. The molecule has 0 bridgehead atoms. The molecule has 0 radical (unpaired) electrons. The van der Waals surface area contributed by atoms with Crippen molar-refractivity contribution in [1.82, 2.24) is 10.3 Å². The summed E-state index contributed by atoms with van der Waals surface area (Å²) >= 11 is 0. The second-order valence-corrected chi connectivity index (χ2v) is 3.96. The van der Waals surface area contributed by atoms with Crippen molar-refractivity contribution in [1.29, 1.82) is 0 Å². The molecule has 0 fully saturated rings. The smallest absolute Gasteiger partial charge is 0.251 e. The van der Waals surface area contributed by atoms with E-state index in [9.17, 15) is 9.18 Å². The third kappa shape index (κ3) is 2.61. The summed E-state index contributed by atoms with van der Waals surface area (Å²) in [5.41, 5.74) is 2.09. The molecule has 4 nitrogen and oxygen atoms in total. The van der Waals surface area contributed by atoms with Gasteiger partial charge in [-0.15, -0.1) is 0 Å². The average molecular weight is 250 g/mol. The van der Waals surface area contributed by atoms with Gasteiger partial charge < -0.3 is 15.0 Å². The summed E-state index contributed by atoms with van der Waals surface area (Å²) in [7, 11) is 1.62. The van der Waals surface area contributed by atoms with Gasteiger partial charge in [-0.25, -0.2) is 4.39 Å². The first-order valence-electron chi connectivity index (χ1n) is 5.71. The fraction of sp³-hybridized carbons (Fsp3) is 0.308. The van der Waals surface area contributed by atoms with Crippen LogP contribution in [0.15, 0.2) is 24.4 Å². The molecule has 18 heavy (non-hydrogen) atoms. The number of aromatic nitrogens is 1. The molecule has 1 aromatic heterocycles. The number of rotatable bonds is 5. The molecule has 96 valence electrons. The fourth-order valence-corrected chi connectivity index (χ4v) is 1.88. The number of halogens is 1. The van der Waals surface area contributed by atoms with Gasteiger partial charge in [0.15, 0.2) is 6.67 Å². The first-order chi connectivity index (χ1) is 8.74. The third-order valence-corrected chi connectivity index (χ3v) is 2.81. The van der Waals surface area contributed by atoms with Gasteiger partial charge in [0.2, 0.25) is 0 Å². The zero-order valence-electron chi connectivity index (χ0n) is 10.1. The summed E-state index contributed by atoms with van der Waals surface area (Å²) in [5, 5.41) is 3.56. The lowest BCUT2D eigenvalue weighted by molar-refractivity contribution is -0.121. The highest BCUT2D eigenvalue weighted by molar-refractivity contribution is 5.84. The molecule has 2 rings (SSSR count). The van der Waals surface area contributed by atoms with Gasteiger partial charge in [-0.1, -0.05) is 0 Å². The Balaban J connectivity index is 2.10. The Labute approximate surface area is 104 Å². The van der Waals surface area contributed by atoms with Crippen molar-refractivity contribution in [2.24, 2.45) is 0 Å². The second-order valence-electron chi connectivity index (χ2n) is 3.96. The molecule has 0 aliphatic rings. The lowest BCUT2D eigenvalue weighted by Crippen LogP contribution is -2.26. The highest BCUT2D eigenvalue weighted by Crippen LogP contribution is 2.23. The number of H-pyrrole nitrogens is 1. The van der Waals surface area contributed by atoms with Gasteiger partial charge >= 0.3 is 0 Å². The molecule has 0 atom stereocenters. The minimum Gasteiger partial charge on any atom is -0.497 e. The van der Waals surface area contributed by atoms with E-state index in [0.717, 1.165) is 22.2 Å². The quantitative estimate of drug-likeness (QED) is 0.850. The van der Waals surface area contributed by atoms with E-state index >= 15 is 0 Å². The van der Waals surface area contributed by atoms with Gasteiger partial charge in [-0.05, 0) is 30.2 Å². The number of benzene rings is 1. The van der Waals surface area contributed by atoms with E-state index in [-0.39, 0.29) is 0 Å². The van der Waals surface area contributed by atoms with E-state index in [1.54, 1.807) is 7.11 Å². The molecule has 5 heteroatoms. The van der Waals surface area contributed by atoms with E-state index in [0.29, 0.717) is 13.0 Å². The monoisotopic (exact) mass is 250 g/mol. The number of aromatic amines is 1. The van der Waals surface area contributed by atoms with E-state index < -0.39 is 12.6 Å². The van der Waals surface area contributed by atoms with E-state index in [4.69, 9.17) is 4.74 Å². The standard InChI is InChI=1S/C13H15FN2O2/c1-18-10-2-3-12-11(6-10)9(8-16-12)4-5-15-13(17)7-14/h2-3,6,8,16H,4-5,7H2,1H3,(H,15,17). The van der Waals surface area contributed by atoms with Crippen LogP contribution in [0.4, 0.5) is 4.39 Å². The maximum absolute atomic E-state index is 12.0. The van der Waals surface area contributed by atoms with Crippen LogP contribution in [0.5, 0.6) is 5.75 Å². The van der Waals surface area contributed by atoms with Gasteiger partial charge in [0.05, 0.1) is 7.11 Å². The maximum atomic E-state index is 12.0. The third-order valence-electron chi connectivity index (χ3n) is 2.81. The Morgan fingerprint density at radius 1 is 1.50 bits per heavy atom. The van der Waals surface area contributed by atoms with E-state index in [1.807, 2.05) is 24.4 Å². The Hall–Kier alpha value is -2.04. The van der Waals surface area contributed by atoms with Crippen LogP contribution < -0.4 is 10.1 Å². The number of fused-ring (bicyclic) bond motifs is 1.